The van der Waals surface area contributed by atoms with Crippen LogP contribution in [0.25, 0.3) is 0 Å². The zero-order valence-electron chi connectivity index (χ0n) is 17.1. The summed E-state index contributed by atoms with van der Waals surface area (Å²) in [5.74, 6) is 0. The largest absolute Gasteiger partial charge is 0.433 e. The number of hydrogen-bond donors (Lipinski definition) is 0. The van der Waals surface area contributed by atoms with E-state index in [9.17, 15) is 0 Å². The Morgan fingerprint density at radius 2 is 1.48 bits per heavy atom. The van der Waals surface area contributed by atoms with E-state index in [0.29, 0.717) is 0 Å². The van der Waals surface area contributed by atoms with Crippen LogP contribution in [0.4, 0.5) is 0 Å². The van der Waals surface area contributed by atoms with E-state index < -0.39 is 56.0 Å². The van der Waals surface area contributed by atoms with Crippen LogP contribution in [0, 0.1) is 0 Å². The van der Waals surface area contributed by atoms with Gasteiger partial charge in [0.1, 0.15) is 0 Å². The van der Waals surface area contributed by atoms with Gasteiger partial charge in [-0.05, 0) is 12.6 Å². The zero-order valence-corrected chi connectivity index (χ0v) is 26.4. The van der Waals surface area contributed by atoms with Gasteiger partial charge in [-0.1, -0.05) is 70.4 Å². The van der Waals surface area contributed by atoms with E-state index >= 15 is 0 Å². The highest BCUT2D eigenvalue weighted by molar-refractivity contribution is 7.17. The van der Waals surface area contributed by atoms with Crippen LogP contribution in [0.5, 0.6) is 0 Å². The number of unbranched alkanes of at least 4 members (excludes halogenated alkanes) is 8. The van der Waals surface area contributed by atoms with Crippen LogP contribution in [0.1, 0.15) is 64.7 Å². The number of rotatable bonds is 21. The molecule has 0 aromatic rings. The van der Waals surface area contributed by atoms with Crippen molar-refractivity contribution in [2.24, 2.45) is 0 Å². The summed E-state index contributed by atoms with van der Waals surface area (Å²) in [6.07, 6.45) is 11.8. The van der Waals surface area contributed by atoms with Crippen LogP contribution < -0.4 is 0 Å². The predicted molar refractivity (Wildman–Crippen MR) is 132 cm³/mol. The van der Waals surface area contributed by atoms with Gasteiger partial charge in [0.2, 0.25) is 9.07 Å². The molecule has 0 aliphatic rings. The summed E-state index contributed by atoms with van der Waals surface area (Å²) >= 11 is 12.2. The van der Waals surface area contributed by atoms with Crippen molar-refractivity contribution in [2.75, 3.05) is 0 Å². The summed E-state index contributed by atoms with van der Waals surface area (Å²) < 4.78 is 27.9. The second-order valence-corrected chi connectivity index (χ2v) is 21.7. The average molecular weight is 526 g/mol. The Morgan fingerprint density at radius 1 is 0.926 bits per heavy atom. The van der Waals surface area contributed by atoms with Gasteiger partial charge in [-0.15, -0.1) is 28.7 Å². The van der Waals surface area contributed by atoms with Gasteiger partial charge >= 0.3 is 9.28 Å². The molecule has 0 spiro atoms. The van der Waals surface area contributed by atoms with Crippen LogP contribution in [0.2, 0.25) is 12.6 Å². The van der Waals surface area contributed by atoms with Gasteiger partial charge < -0.3 is 20.6 Å². The Kier molecular flexibility index (Phi) is 21.8. The maximum absolute atomic E-state index is 6.67. The molecule has 0 aliphatic carbocycles. The van der Waals surface area contributed by atoms with Gasteiger partial charge in [0, 0.05) is 0 Å². The third-order valence-corrected chi connectivity index (χ3v) is 17.1. The molecule has 27 heavy (non-hydrogen) atoms. The summed E-state index contributed by atoms with van der Waals surface area (Å²) in [6, 6.07) is 0.969. The number of hydrogen-bond acceptors (Lipinski definition) is 5. The Balaban J connectivity index is 3.69. The maximum atomic E-state index is 6.67. The van der Waals surface area contributed by atoms with Gasteiger partial charge in [0.05, 0.1) is 0 Å². The fraction of sp³-hybridized carbons (Fsp3) is 0.857. The highest BCUT2D eigenvalue weighted by Crippen LogP contribution is 2.22. The lowest BCUT2D eigenvalue weighted by Gasteiger charge is -2.25. The Morgan fingerprint density at radius 3 is 2.07 bits per heavy atom. The summed E-state index contributed by atoms with van der Waals surface area (Å²) in [5.41, 5.74) is 1.79. The normalized spacial score (nSPS) is 16.6. The summed E-state index contributed by atoms with van der Waals surface area (Å²) in [4.78, 5) is 0. The lowest BCUT2D eigenvalue weighted by atomic mass is 10.1. The van der Waals surface area contributed by atoms with Crippen molar-refractivity contribution in [3.05, 3.63) is 12.3 Å². The first-order valence-electron chi connectivity index (χ1n) is 9.95. The molecule has 0 N–H and O–H groups in total. The van der Waals surface area contributed by atoms with E-state index in [1.54, 1.807) is 5.70 Å². The second kappa shape index (κ2) is 20.7. The van der Waals surface area contributed by atoms with E-state index in [0.717, 1.165) is 12.5 Å². The minimum absolute atomic E-state index is 0.860. The molecule has 0 aromatic heterocycles. The first-order chi connectivity index (χ1) is 13.1. The van der Waals surface area contributed by atoms with Crippen LogP contribution in [0.3, 0.4) is 0 Å². The third-order valence-electron chi connectivity index (χ3n) is 4.01. The van der Waals surface area contributed by atoms with Crippen LogP contribution >= 0.6 is 22.2 Å². The first kappa shape index (κ1) is 28.4. The van der Waals surface area contributed by atoms with Crippen molar-refractivity contribution in [3.63, 3.8) is 0 Å². The molecule has 0 fully saturated rings. The topological polar surface area (TPSA) is 46.2 Å². The van der Waals surface area contributed by atoms with E-state index in [4.69, 9.17) is 42.7 Å². The van der Waals surface area contributed by atoms with Gasteiger partial charge in [0.25, 0.3) is 37.6 Å². The van der Waals surface area contributed by atoms with Crippen molar-refractivity contribution < 1.29 is 20.6 Å². The maximum Gasteiger partial charge on any atom is 0.329 e. The predicted octanol–water partition coefficient (Wildman–Crippen LogP) is 2.09. The standard InChI is InChI=1S/C14H38Cl2O5Si6/c1-4-6-7-8-9-10-11-12-13-14-27(3,16)21-26(5-2)20-25-19-24-18-23-17-22-15/h5,26H,2,4,6-14,22-25H2,1,3H3. The minimum atomic E-state index is -2.20. The van der Waals surface area contributed by atoms with E-state index in [-0.39, 0.29) is 0 Å². The minimum Gasteiger partial charge on any atom is -0.433 e. The highest BCUT2D eigenvalue weighted by Gasteiger charge is 2.29. The van der Waals surface area contributed by atoms with Crippen LogP contribution in [-0.4, -0.2) is 56.0 Å². The molecule has 0 bridgehead atoms. The smallest absolute Gasteiger partial charge is 0.329 e. The van der Waals surface area contributed by atoms with Crippen molar-refractivity contribution in [3.8, 4) is 0 Å². The molecule has 2 atom stereocenters. The lowest BCUT2D eigenvalue weighted by Crippen LogP contribution is -2.38. The molecule has 0 saturated heterocycles. The van der Waals surface area contributed by atoms with Crippen LogP contribution in [-0.2, 0) is 20.6 Å². The fourth-order valence-electron chi connectivity index (χ4n) is 2.54. The van der Waals surface area contributed by atoms with E-state index in [2.05, 4.69) is 20.0 Å². The van der Waals surface area contributed by atoms with Crippen molar-refractivity contribution in [1.82, 2.24) is 0 Å². The van der Waals surface area contributed by atoms with Crippen LogP contribution in [0.15, 0.2) is 12.3 Å². The summed E-state index contributed by atoms with van der Waals surface area (Å²) in [5, 5.41) is 0. The molecule has 5 nitrogen and oxygen atoms in total. The molecule has 13 heteroatoms. The Bertz CT molecular complexity index is 347. The second-order valence-electron chi connectivity index (χ2n) is 6.64. The molecular weight excluding hydrogens is 488 g/mol. The first-order valence-corrected chi connectivity index (χ1v) is 21.4. The number of halogens is 2. The van der Waals surface area contributed by atoms with E-state index in [1.165, 1.54) is 51.4 Å². The van der Waals surface area contributed by atoms with Crippen molar-refractivity contribution >= 4 is 78.2 Å². The van der Waals surface area contributed by atoms with Crippen molar-refractivity contribution in [1.29, 1.82) is 0 Å². The van der Waals surface area contributed by atoms with Gasteiger partial charge in [-0.2, -0.15) is 0 Å². The Labute approximate surface area is 187 Å². The van der Waals surface area contributed by atoms with Gasteiger partial charge in [-0.25, -0.2) is 0 Å². The summed E-state index contributed by atoms with van der Waals surface area (Å²) in [6.45, 7) is 8.15. The molecule has 0 aliphatic heterocycles. The molecule has 0 radical (unpaired) electrons. The SMILES string of the molecule is C=C[SiH](O[SiH2]O[SiH2]O[SiH2]O[SiH2]Cl)O[Si](C)(Cl)CCCCCCCCCCC. The molecule has 0 aromatic carbocycles. The highest BCUT2D eigenvalue weighted by atomic mass is 35.6. The van der Waals surface area contributed by atoms with Gasteiger partial charge in [-0.3, -0.25) is 0 Å². The Hall–Kier alpha value is 1.42. The van der Waals surface area contributed by atoms with Crippen molar-refractivity contribution in [2.45, 2.75) is 77.3 Å². The molecule has 0 heterocycles. The molecule has 0 amide bonds. The average Bonchev–Trinajstić information content (AvgIpc) is 2.65. The quantitative estimate of drug-likeness (QED) is 0.130. The monoisotopic (exact) mass is 524 g/mol. The summed E-state index contributed by atoms with van der Waals surface area (Å²) in [7, 11) is -7.95. The molecule has 0 rings (SSSR count). The van der Waals surface area contributed by atoms with Gasteiger partial charge in [0.15, 0.2) is 0 Å². The zero-order chi connectivity index (χ0) is 20.2. The molecule has 162 valence electrons. The molecule has 2 unspecified atom stereocenters. The molecule has 0 saturated carbocycles. The fourth-order valence-corrected chi connectivity index (χ4v) is 15.0. The molecular formula is C14H38Cl2O5Si6. The third kappa shape index (κ3) is 20.5. The lowest BCUT2D eigenvalue weighted by molar-refractivity contribution is 0.377. The van der Waals surface area contributed by atoms with E-state index in [1.807, 2.05) is 0 Å².